The highest BCUT2D eigenvalue weighted by Crippen LogP contribution is 2.50. The number of sulfonamides is 1. The molecule has 2 heterocycles. The molecule has 2 aliphatic rings. The summed E-state index contributed by atoms with van der Waals surface area (Å²) in [6.45, 7) is 4.88. The summed E-state index contributed by atoms with van der Waals surface area (Å²) in [5.41, 5.74) is 2.42. The van der Waals surface area contributed by atoms with Crippen LogP contribution in [-0.4, -0.2) is 62.6 Å². The Hall–Kier alpha value is -4.59. The molecular formula is C32H38N4O9S. The van der Waals surface area contributed by atoms with E-state index in [1.54, 1.807) is 20.1 Å². The zero-order valence-electron chi connectivity index (χ0n) is 25.9. The standard InChI is InChI=1S/C32H38N4O9S/c1-20-28(33-31(40)44-21(2)22-7-5-4-6-8-22)29(45-34-20)23-11-16-36(17-12-23)25-10-9-24(19-26(25)43-3)32(14-15-32)30(39)35-46(41,42)18-13-27(37)38/h4-10,19,21,23H,11-18H2,1-3H3,(H,33,40)(H,35,39)(H,37,38)/t21-/m1/s1. The Bertz CT molecular complexity index is 1700. The summed E-state index contributed by atoms with van der Waals surface area (Å²) in [5.74, 6) is -1.44. The third-order valence-corrected chi connectivity index (χ3v) is 9.86. The molecule has 2 amide bonds. The third-order valence-electron chi connectivity index (χ3n) is 8.63. The van der Waals surface area contributed by atoms with Gasteiger partial charge in [0, 0.05) is 19.0 Å². The number of methoxy groups -OCH3 is 1. The number of carboxylic acids is 1. The van der Waals surface area contributed by atoms with E-state index in [0.29, 0.717) is 67.2 Å². The summed E-state index contributed by atoms with van der Waals surface area (Å²) >= 11 is 0. The molecule has 246 valence electrons. The van der Waals surface area contributed by atoms with Crippen LogP contribution in [0.4, 0.5) is 16.2 Å². The van der Waals surface area contributed by atoms with Gasteiger partial charge in [-0.05, 0) is 62.8 Å². The van der Waals surface area contributed by atoms with Crippen molar-refractivity contribution in [3.05, 3.63) is 71.1 Å². The summed E-state index contributed by atoms with van der Waals surface area (Å²) in [5, 5.41) is 15.7. The number of carbonyl (C=O) groups excluding carboxylic acids is 2. The quantitative estimate of drug-likeness (QED) is 0.248. The second kappa shape index (κ2) is 13.4. The fourth-order valence-corrected chi connectivity index (χ4v) is 6.83. The number of ether oxygens (including phenoxy) is 2. The van der Waals surface area contributed by atoms with Crippen LogP contribution >= 0.6 is 0 Å². The molecule has 0 bridgehead atoms. The zero-order valence-corrected chi connectivity index (χ0v) is 26.8. The topological polar surface area (TPSA) is 177 Å². The number of nitrogens with one attached hydrogen (secondary N) is 2. The van der Waals surface area contributed by atoms with Crippen LogP contribution in [0.15, 0.2) is 53.1 Å². The number of nitrogens with zero attached hydrogens (tertiary/aromatic N) is 2. The summed E-state index contributed by atoms with van der Waals surface area (Å²) in [7, 11) is -2.54. The zero-order chi connectivity index (χ0) is 33.1. The fourth-order valence-electron chi connectivity index (χ4n) is 5.80. The van der Waals surface area contributed by atoms with E-state index in [-0.39, 0.29) is 5.92 Å². The van der Waals surface area contributed by atoms with Crippen molar-refractivity contribution in [2.75, 3.05) is 36.2 Å². The van der Waals surface area contributed by atoms with E-state index in [1.807, 2.05) is 49.4 Å². The molecule has 0 spiro atoms. The average molecular weight is 655 g/mol. The van der Waals surface area contributed by atoms with E-state index in [0.717, 1.165) is 11.3 Å². The maximum atomic E-state index is 13.0. The number of hydrogen-bond donors (Lipinski definition) is 3. The maximum absolute atomic E-state index is 13.0. The van der Waals surface area contributed by atoms with Crippen LogP contribution < -0.4 is 19.7 Å². The lowest BCUT2D eigenvalue weighted by Crippen LogP contribution is -2.40. The van der Waals surface area contributed by atoms with Crippen molar-refractivity contribution in [2.24, 2.45) is 0 Å². The molecule has 2 fully saturated rings. The van der Waals surface area contributed by atoms with Gasteiger partial charge in [-0.15, -0.1) is 0 Å². The van der Waals surface area contributed by atoms with E-state index >= 15 is 0 Å². The monoisotopic (exact) mass is 654 g/mol. The normalized spacial score (nSPS) is 16.7. The number of anilines is 2. The van der Waals surface area contributed by atoms with Crippen molar-refractivity contribution in [3.63, 3.8) is 0 Å². The molecule has 0 unspecified atom stereocenters. The van der Waals surface area contributed by atoms with E-state index in [9.17, 15) is 22.8 Å². The maximum Gasteiger partial charge on any atom is 0.412 e. The fraction of sp³-hybridized carbons (Fsp3) is 0.438. The number of aliphatic carboxylic acids is 1. The Kier molecular flexibility index (Phi) is 9.56. The third kappa shape index (κ3) is 7.27. The molecule has 14 heteroatoms. The second-order valence-electron chi connectivity index (χ2n) is 11.7. The molecule has 1 aliphatic heterocycles. The molecule has 1 saturated heterocycles. The molecule has 5 rings (SSSR count). The number of carboxylic acid groups (broad SMARTS) is 1. The van der Waals surface area contributed by atoms with Crippen molar-refractivity contribution in [2.45, 2.75) is 63.4 Å². The second-order valence-corrected chi connectivity index (χ2v) is 13.6. The molecule has 1 saturated carbocycles. The number of amides is 2. The van der Waals surface area contributed by atoms with Crippen LogP contribution in [0.3, 0.4) is 0 Å². The molecule has 1 aliphatic carbocycles. The number of aromatic nitrogens is 1. The van der Waals surface area contributed by atoms with Crippen molar-refractivity contribution < 1.29 is 41.9 Å². The van der Waals surface area contributed by atoms with Crippen molar-refractivity contribution in [1.29, 1.82) is 0 Å². The summed E-state index contributed by atoms with van der Waals surface area (Å²) in [4.78, 5) is 38.7. The molecule has 1 aromatic heterocycles. The Morgan fingerprint density at radius 3 is 2.46 bits per heavy atom. The minimum atomic E-state index is -4.08. The molecular weight excluding hydrogens is 616 g/mol. The predicted molar refractivity (Wildman–Crippen MR) is 168 cm³/mol. The van der Waals surface area contributed by atoms with Gasteiger partial charge in [0.25, 0.3) is 0 Å². The largest absolute Gasteiger partial charge is 0.495 e. The van der Waals surface area contributed by atoms with Crippen molar-refractivity contribution in [3.8, 4) is 5.75 Å². The number of hydrogen-bond acceptors (Lipinski definition) is 10. The van der Waals surface area contributed by atoms with Crippen LogP contribution in [-0.2, 0) is 29.8 Å². The minimum absolute atomic E-state index is 0.00562. The van der Waals surface area contributed by atoms with Gasteiger partial charge in [0.15, 0.2) is 5.76 Å². The van der Waals surface area contributed by atoms with E-state index < -0.39 is 51.7 Å². The number of aryl methyl sites for hydroxylation is 1. The lowest BCUT2D eigenvalue weighted by molar-refractivity contribution is -0.136. The van der Waals surface area contributed by atoms with Gasteiger partial charge in [-0.3, -0.25) is 19.6 Å². The first kappa shape index (κ1) is 32.8. The highest BCUT2D eigenvalue weighted by Gasteiger charge is 2.52. The van der Waals surface area contributed by atoms with Gasteiger partial charge in [-0.25, -0.2) is 13.2 Å². The molecule has 46 heavy (non-hydrogen) atoms. The number of piperidine rings is 1. The number of benzene rings is 2. The van der Waals surface area contributed by atoms with Crippen LogP contribution in [0.5, 0.6) is 5.75 Å². The predicted octanol–water partition coefficient (Wildman–Crippen LogP) is 4.64. The Morgan fingerprint density at radius 1 is 1.13 bits per heavy atom. The van der Waals surface area contributed by atoms with Crippen LogP contribution in [0, 0.1) is 6.92 Å². The lowest BCUT2D eigenvalue weighted by Gasteiger charge is -2.34. The van der Waals surface area contributed by atoms with Gasteiger partial charge in [0.1, 0.15) is 23.2 Å². The SMILES string of the molecule is COc1cc(C2(C(=O)NS(=O)(=O)CCC(=O)O)CC2)ccc1N1CCC(c2onc(C)c2NC(=O)O[C@H](C)c2ccccc2)CC1. The molecule has 1 atom stereocenters. The van der Waals surface area contributed by atoms with E-state index in [1.165, 1.54) is 0 Å². The van der Waals surface area contributed by atoms with E-state index in [2.05, 4.69) is 20.1 Å². The van der Waals surface area contributed by atoms with E-state index in [4.69, 9.17) is 19.1 Å². The van der Waals surface area contributed by atoms with Gasteiger partial charge in [0.05, 0.1) is 30.4 Å². The lowest BCUT2D eigenvalue weighted by atomic mass is 9.91. The first-order valence-electron chi connectivity index (χ1n) is 15.1. The van der Waals surface area contributed by atoms with Gasteiger partial charge in [-0.2, -0.15) is 0 Å². The van der Waals surface area contributed by atoms with Gasteiger partial charge in [0.2, 0.25) is 15.9 Å². The summed E-state index contributed by atoms with van der Waals surface area (Å²) in [6.07, 6.45) is 0.735. The molecule has 3 aromatic rings. The number of carbonyl (C=O) groups is 3. The Balaban J connectivity index is 1.22. The highest BCUT2D eigenvalue weighted by atomic mass is 32.2. The Labute approximate surface area is 267 Å². The molecule has 0 radical (unpaired) electrons. The van der Waals surface area contributed by atoms with Gasteiger partial charge < -0.3 is 24.0 Å². The molecule has 3 N–H and O–H groups in total. The highest BCUT2D eigenvalue weighted by molar-refractivity contribution is 7.90. The Morgan fingerprint density at radius 2 is 1.83 bits per heavy atom. The summed E-state index contributed by atoms with van der Waals surface area (Å²) < 4.78 is 43.6. The smallest absolute Gasteiger partial charge is 0.412 e. The summed E-state index contributed by atoms with van der Waals surface area (Å²) in [6, 6.07) is 14.9. The molecule has 13 nitrogen and oxygen atoms in total. The van der Waals surface area contributed by atoms with Crippen LogP contribution in [0.1, 0.15) is 73.6 Å². The average Bonchev–Trinajstić information content (AvgIpc) is 3.79. The van der Waals surface area contributed by atoms with Gasteiger partial charge >= 0.3 is 12.1 Å². The van der Waals surface area contributed by atoms with Crippen molar-refractivity contribution in [1.82, 2.24) is 9.88 Å². The van der Waals surface area contributed by atoms with Crippen molar-refractivity contribution >= 4 is 39.4 Å². The molecule has 2 aromatic carbocycles. The first-order valence-corrected chi connectivity index (χ1v) is 16.8. The minimum Gasteiger partial charge on any atom is -0.495 e. The van der Waals surface area contributed by atoms with Crippen LogP contribution in [0.25, 0.3) is 0 Å². The van der Waals surface area contributed by atoms with Gasteiger partial charge in [-0.1, -0.05) is 41.6 Å². The first-order chi connectivity index (χ1) is 21.9. The van der Waals surface area contributed by atoms with Crippen LogP contribution in [0.2, 0.25) is 0 Å². The number of rotatable bonds is 12.